The molecule has 31 heavy (non-hydrogen) atoms. The number of azide groups is 2. The van der Waals surface area contributed by atoms with Crippen molar-refractivity contribution >= 4 is 22.7 Å². The molecule has 164 valence electrons. The summed E-state index contributed by atoms with van der Waals surface area (Å²) in [4.78, 5) is 9.89. The van der Waals surface area contributed by atoms with Gasteiger partial charge in [-0.25, -0.2) is 0 Å². The standard InChI is InChI=1S/C17H16F3N7O3S/c18-17(19,20)8-1-2-9-10(5-8)23-4-3-13(9)31-7-30-16-12(25-27-22)6-11(24-26-21)14(28)15(16)29/h1-5,11-12,14-16,28-29H,6-7H2/t11-,12+,14+,15-,16-/m1/s1. The zero-order valence-corrected chi connectivity index (χ0v) is 16.5. The molecule has 1 saturated carbocycles. The van der Waals surface area contributed by atoms with Gasteiger partial charge < -0.3 is 14.9 Å². The van der Waals surface area contributed by atoms with Gasteiger partial charge in [0, 0.05) is 26.3 Å². The Labute approximate surface area is 177 Å². The first-order valence-corrected chi connectivity index (χ1v) is 9.89. The van der Waals surface area contributed by atoms with Crippen LogP contribution in [0.3, 0.4) is 0 Å². The number of halogens is 3. The molecule has 5 atom stereocenters. The third-order valence-electron chi connectivity index (χ3n) is 4.85. The molecular formula is C17H16F3N7O3S. The highest BCUT2D eigenvalue weighted by Crippen LogP contribution is 2.34. The molecule has 0 amide bonds. The minimum atomic E-state index is -4.48. The van der Waals surface area contributed by atoms with Crippen molar-refractivity contribution in [1.29, 1.82) is 0 Å². The number of thioether (sulfide) groups is 1. The molecule has 10 nitrogen and oxygen atoms in total. The number of pyridine rings is 1. The van der Waals surface area contributed by atoms with Crippen LogP contribution < -0.4 is 0 Å². The highest BCUT2D eigenvalue weighted by molar-refractivity contribution is 7.99. The van der Waals surface area contributed by atoms with Crippen molar-refractivity contribution in [3.8, 4) is 0 Å². The van der Waals surface area contributed by atoms with Gasteiger partial charge in [0.25, 0.3) is 0 Å². The van der Waals surface area contributed by atoms with Crippen LogP contribution in [-0.4, -0.2) is 51.5 Å². The van der Waals surface area contributed by atoms with E-state index < -0.39 is 42.1 Å². The third kappa shape index (κ3) is 5.13. The molecular weight excluding hydrogens is 439 g/mol. The summed E-state index contributed by atoms with van der Waals surface area (Å²) in [6.45, 7) is 0. The summed E-state index contributed by atoms with van der Waals surface area (Å²) in [5.74, 6) is -0.0573. The molecule has 0 spiro atoms. The van der Waals surface area contributed by atoms with Gasteiger partial charge in [-0.3, -0.25) is 4.98 Å². The van der Waals surface area contributed by atoms with E-state index in [4.69, 9.17) is 15.8 Å². The number of hydrogen-bond donors (Lipinski definition) is 2. The number of fused-ring (bicyclic) bond motifs is 1. The number of benzene rings is 1. The lowest BCUT2D eigenvalue weighted by atomic mass is 9.84. The van der Waals surface area contributed by atoms with Gasteiger partial charge in [-0.1, -0.05) is 28.1 Å². The summed E-state index contributed by atoms with van der Waals surface area (Å²) in [5, 5.41) is 27.9. The first-order valence-electron chi connectivity index (χ1n) is 8.91. The number of rotatable bonds is 6. The van der Waals surface area contributed by atoms with Crippen LogP contribution in [-0.2, 0) is 10.9 Å². The molecule has 2 N–H and O–H groups in total. The Balaban J connectivity index is 1.74. The van der Waals surface area contributed by atoms with Crippen LogP contribution in [0.5, 0.6) is 0 Å². The van der Waals surface area contributed by atoms with Crippen LogP contribution in [0.1, 0.15) is 12.0 Å². The molecule has 0 saturated heterocycles. The van der Waals surface area contributed by atoms with Gasteiger partial charge in [-0.15, -0.1) is 0 Å². The number of aliphatic hydroxyl groups excluding tert-OH is 2. The van der Waals surface area contributed by atoms with E-state index in [0.29, 0.717) is 10.3 Å². The lowest BCUT2D eigenvalue weighted by Gasteiger charge is -2.39. The van der Waals surface area contributed by atoms with E-state index in [2.05, 4.69) is 25.0 Å². The minimum Gasteiger partial charge on any atom is -0.390 e. The average molecular weight is 455 g/mol. The highest BCUT2D eigenvalue weighted by Gasteiger charge is 2.43. The predicted octanol–water partition coefficient (Wildman–Crippen LogP) is 4.17. The number of nitrogens with zero attached hydrogens (tertiary/aromatic N) is 7. The van der Waals surface area contributed by atoms with Gasteiger partial charge in [0.15, 0.2) is 0 Å². The summed E-state index contributed by atoms with van der Waals surface area (Å²) < 4.78 is 44.4. The molecule has 0 unspecified atom stereocenters. The molecule has 1 fully saturated rings. The van der Waals surface area contributed by atoms with Gasteiger partial charge in [-0.05, 0) is 35.7 Å². The Kier molecular flexibility index (Phi) is 7.11. The largest absolute Gasteiger partial charge is 0.416 e. The van der Waals surface area contributed by atoms with E-state index in [1.165, 1.54) is 12.3 Å². The highest BCUT2D eigenvalue weighted by atomic mass is 32.2. The van der Waals surface area contributed by atoms with Gasteiger partial charge in [-0.2, -0.15) is 13.2 Å². The Bertz CT molecular complexity index is 1040. The third-order valence-corrected chi connectivity index (χ3v) is 5.77. The van der Waals surface area contributed by atoms with Crippen LogP contribution in [0.4, 0.5) is 13.2 Å². The predicted molar refractivity (Wildman–Crippen MR) is 105 cm³/mol. The summed E-state index contributed by atoms with van der Waals surface area (Å²) in [6, 6.07) is 2.98. The molecule has 0 radical (unpaired) electrons. The molecule has 1 heterocycles. The number of alkyl halides is 3. The van der Waals surface area contributed by atoms with Gasteiger partial charge in [0.2, 0.25) is 0 Å². The molecule has 2 aromatic rings. The van der Waals surface area contributed by atoms with Crippen LogP contribution in [0, 0.1) is 0 Å². The molecule has 1 aromatic heterocycles. The summed E-state index contributed by atoms with van der Waals surface area (Å²) in [7, 11) is 0. The molecule has 0 bridgehead atoms. The maximum atomic E-state index is 12.9. The zero-order chi connectivity index (χ0) is 22.6. The number of aliphatic hydroxyl groups is 2. The molecule has 1 aliphatic rings. The summed E-state index contributed by atoms with van der Waals surface area (Å²) >= 11 is 1.14. The van der Waals surface area contributed by atoms with Crippen LogP contribution in [0.2, 0.25) is 0 Å². The Morgan fingerprint density at radius 3 is 2.52 bits per heavy atom. The first kappa shape index (κ1) is 22.9. The van der Waals surface area contributed by atoms with E-state index in [1.54, 1.807) is 6.07 Å². The Morgan fingerprint density at radius 2 is 1.84 bits per heavy atom. The number of hydrogen-bond acceptors (Lipinski definition) is 7. The van der Waals surface area contributed by atoms with Crippen LogP contribution in [0.15, 0.2) is 45.6 Å². The maximum Gasteiger partial charge on any atom is 0.416 e. The van der Waals surface area contributed by atoms with Crippen LogP contribution >= 0.6 is 11.8 Å². The second-order valence-corrected chi connectivity index (χ2v) is 7.66. The van der Waals surface area contributed by atoms with Gasteiger partial charge in [0.05, 0.1) is 41.3 Å². The van der Waals surface area contributed by atoms with Crippen molar-refractivity contribution in [2.45, 2.75) is 47.9 Å². The SMILES string of the molecule is [N-]=[N+]=N[C@H]1C[C@@H](N=[N+]=[N-])[C@H](O)[C@@H](O)[C@@H]1OCSc1ccnc2cc(C(F)(F)F)ccc12. The molecule has 3 rings (SSSR count). The van der Waals surface area contributed by atoms with Crippen molar-refractivity contribution in [3.63, 3.8) is 0 Å². The van der Waals surface area contributed by atoms with Crippen molar-refractivity contribution in [2.24, 2.45) is 10.2 Å². The van der Waals surface area contributed by atoms with E-state index in [-0.39, 0.29) is 17.9 Å². The van der Waals surface area contributed by atoms with E-state index in [0.717, 1.165) is 23.9 Å². The van der Waals surface area contributed by atoms with Crippen molar-refractivity contribution in [1.82, 2.24) is 4.98 Å². The van der Waals surface area contributed by atoms with Crippen molar-refractivity contribution in [2.75, 3.05) is 5.94 Å². The van der Waals surface area contributed by atoms with Crippen molar-refractivity contribution in [3.05, 3.63) is 56.9 Å². The number of ether oxygens (including phenoxy) is 1. The lowest BCUT2D eigenvalue weighted by molar-refractivity contribution is -0.137. The Morgan fingerprint density at radius 1 is 1.13 bits per heavy atom. The topological polar surface area (TPSA) is 160 Å². The monoisotopic (exact) mass is 455 g/mol. The van der Waals surface area contributed by atoms with Gasteiger partial charge in [0.1, 0.15) is 6.10 Å². The van der Waals surface area contributed by atoms with Crippen LogP contribution in [0.25, 0.3) is 31.8 Å². The molecule has 1 aliphatic carbocycles. The van der Waals surface area contributed by atoms with Crippen molar-refractivity contribution < 1.29 is 28.1 Å². The minimum absolute atomic E-state index is 0.0138. The van der Waals surface area contributed by atoms with E-state index in [9.17, 15) is 23.4 Å². The molecule has 1 aromatic carbocycles. The molecule has 0 aliphatic heterocycles. The fourth-order valence-electron chi connectivity index (χ4n) is 3.34. The van der Waals surface area contributed by atoms with E-state index in [1.807, 2.05) is 0 Å². The fraction of sp³-hybridized carbons (Fsp3) is 0.471. The maximum absolute atomic E-state index is 12.9. The Hall–Kier alpha value is -2.73. The lowest BCUT2D eigenvalue weighted by Crippen LogP contribution is -2.55. The average Bonchev–Trinajstić information content (AvgIpc) is 2.73. The normalized spacial score (nSPS) is 26.2. The van der Waals surface area contributed by atoms with E-state index >= 15 is 0 Å². The molecule has 14 heteroatoms. The second-order valence-electron chi connectivity index (χ2n) is 6.69. The second kappa shape index (κ2) is 9.60. The summed E-state index contributed by atoms with van der Waals surface area (Å²) in [6.07, 6.45) is -7.06. The number of aromatic nitrogens is 1. The fourth-order valence-corrected chi connectivity index (χ4v) is 4.18. The first-order chi connectivity index (χ1) is 14.8. The smallest absolute Gasteiger partial charge is 0.390 e. The quantitative estimate of drug-likeness (QED) is 0.219. The summed E-state index contributed by atoms with van der Waals surface area (Å²) in [5.41, 5.74) is 16.7. The van der Waals surface area contributed by atoms with Gasteiger partial charge >= 0.3 is 6.18 Å². The zero-order valence-electron chi connectivity index (χ0n) is 15.7.